The Bertz CT molecular complexity index is 903. The van der Waals surface area contributed by atoms with E-state index in [1.165, 1.54) is 6.42 Å². The zero-order chi connectivity index (χ0) is 22.0. The number of rotatable bonds is 6. The van der Waals surface area contributed by atoms with Crippen LogP contribution in [-0.4, -0.2) is 54.8 Å². The van der Waals surface area contributed by atoms with Crippen molar-refractivity contribution in [2.45, 2.75) is 38.6 Å². The number of likely N-dealkylation sites (N-methyl/N-ethyl adjacent to an activating group) is 1. The van der Waals surface area contributed by atoms with Crippen LogP contribution in [0.4, 0.5) is 0 Å². The smallest absolute Gasteiger partial charge is 0.254 e. The molecule has 1 fully saturated rings. The molecule has 3 heterocycles. The van der Waals surface area contributed by atoms with E-state index in [0.29, 0.717) is 12.1 Å². The van der Waals surface area contributed by atoms with Crippen LogP contribution in [0.25, 0.3) is 0 Å². The first-order valence-electron chi connectivity index (χ1n) is 11.3. The van der Waals surface area contributed by atoms with Gasteiger partial charge in [-0.2, -0.15) is 0 Å². The summed E-state index contributed by atoms with van der Waals surface area (Å²) in [6.07, 6.45) is 2.25. The molecule has 1 saturated heterocycles. The average Bonchev–Trinajstić information content (AvgIpc) is 3.27. The molecule has 1 N–H and O–H groups in total. The van der Waals surface area contributed by atoms with Crippen LogP contribution >= 0.6 is 11.3 Å². The molecule has 4 atom stereocenters. The Balaban J connectivity index is 1.46. The molecule has 31 heavy (non-hydrogen) atoms. The number of likely N-dealkylation sites (tertiary alicyclic amines) is 1. The second-order valence-corrected chi connectivity index (χ2v) is 10.3. The van der Waals surface area contributed by atoms with Crippen molar-refractivity contribution >= 4 is 23.2 Å². The second-order valence-electron chi connectivity index (χ2n) is 9.29. The van der Waals surface area contributed by atoms with Crippen LogP contribution in [-0.2, 0) is 4.79 Å². The van der Waals surface area contributed by atoms with E-state index in [0.717, 1.165) is 48.3 Å². The van der Waals surface area contributed by atoms with Crippen molar-refractivity contribution in [2.24, 2.45) is 11.8 Å². The molecule has 6 heteroatoms. The van der Waals surface area contributed by atoms with E-state index in [2.05, 4.69) is 24.1 Å². The molecule has 0 saturated carbocycles. The molecule has 2 aliphatic rings. The van der Waals surface area contributed by atoms with Gasteiger partial charge in [0, 0.05) is 37.1 Å². The summed E-state index contributed by atoms with van der Waals surface area (Å²) in [5.74, 6) is 1.08. The lowest BCUT2D eigenvalue weighted by Gasteiger charge is -2.39. The van der Waals surface area contributed by atoms with Crippen LogP contribution in [0.3, 0.4) is 0 Å². The molecule has 4 unspecified atom stereocenters. The molecule has 2 amide bonds. The molecule has 4 rings (SSSR count). The van der Waals surface area contributed by atoms with E-state index in [1.807, 2.05) is 48.8 Å². The minimum absolute atomic E-state index is 0.00517. The van der Waals surface area contributed by atoms with Crippen LogP contribution in [0.15, 0.2) is 41.8 Å². The quantitative estimate of drug-likeness (QED) is 0.688. The van der Waals surface area contributed by atoms with Crippen molar-refractivity contribution in [3.63, 3.8) is 0 Å². The molecule has 166 valence electrons. The molecule has 0 radical (unpaired) electrons. The lowest BCUT2D eigenvalue weighted by Crippen LogP contribution is -2.46. The molecule has 0 spiro atoms. The third-order valence-electron chi connectivity index (χ3n) is 6.59. The van der Waals surface area contributed by atoms with Gasteiger partial charge in [0.15, 0.2) is 0 Å². The largest absolute Gasteiger partial charge is 0.355 e. The average molecular weight is 440 g/mol. The Hall–Kier alpha value is -2.18. The van der Waals surface area contributed by atoms with Gasteiger partial charge in [0.1, 0.15) is 0 Å². The maximum Gasteiger partial charge on any atom is 0.254 e. The van der Waals surface area contributed by atoms with Gasteiger partial charge in [-0.1, -0.05) is 38.1 Å². The number of nitrogens with one attached hydrogen (secondary N) is 1. The molecule has 0 bridgehead atoms. The van der Waals surface area contributed by atoms with Gasteiger partial charge in [0.25, 0.3) is 5.91 Å². The normalized spacial score (nSPS) is 26.5. The summed E-state index contributed by atoms with van der Waals surface area (Å²) in [6, 6.07) is 11.3. The summed E-state index contributed by atoms with van der Waals surface area (Å²) < 4.78 is 0. The summed E-state index contributed by atoms with van der Waals surface area (Å²) in [7, 11) is 1.81. The van der Waals surface area contributed by atoms with Gasteiger partial charge in [-0.05, 0) is 54.3 Å². The molecular weight excluding hydrogens is 406 g/mol. The molecule has 1 aromatic heterocycles. The van der Waals surface area contributed by atoms with E-state index in [9.17, 15) is 9.59 Å². The standard InChI is InChI=1S/C25H33N3O2S/c1-17-14-18(2)16-28(15-17)12-7-11-26-24(29)22-19-8-4-5-9-20(19)25(30)27(3)23(22)21-10-6-13-31-21/h4-6,8-10,13,17-18,22-23H,7,11-12,14-16H2,1-3H3,(H,26,29). The number of nitrogens with zero attached hydrogens (tertiary/aromatic N) is 2. The number of hydrogen-bond acceptors (Lipinski definition) is 4. The van der Waals surface area contributed by atoms with Crippen molar-refractivity contribution in [3.8, 4) is 0 Å². The fraction of sp³-hybridized carbons (Fsp3) is 0.520. The SMILES string of the molecule is CC1CC(C)CN(CCCNC(=O)C2c3ccccc3C(=O)N(C)C2c2cccs2)C1. The number of benzene rings is 1. The first kappa shape index (κ1) is 22.0. The van der Waals surface area contributed by atoms with Crippen molar-refractivity contribution < 1.29 is 9.59 Å². The van der Waals surface area contributed by atoms with Gasteiger partial charge in [-0.15, -0.1) is 11.3 Å². The third-order valence-corrected chi connectivity index (χ3v) is 7.53. The summed E-state index contributed by atoms with van der Waals surface area (Å²) in [5.41, 5.74) is 1.47. The zero-order valence-electron chi connectivity index (χ0n) is 18.7. The van der Waals surface area contributed by atoms with Crippen molar-refractivity contribution in [3.05, 3.63) is 57.8 Å². The van der Waals surface area contributed by atoms with Gasteiger partial charge in [-0.25, -0.2) is 0 Å². The zero-order valence-corrected chi connectivity index (χ0v) is 19.5. The molecular formula is C25H33N3O2S. The van der Waals surface area contributed by atoms with Gasteiger partial charge < -0.3 is 15.1 Å². The molecule has 5 nitrogen and oxygen atoms in total. The van der Waals surface area contributed by atoms with E-state index < -0.39 is 5.92 Å². The lowest BCUT2D eigenvalue weighted by atomic mass is 9.81. The van der Waals surface area contributed by atoms with Gasteiger partial charge >= 0.3 is 0 Å². The minimum Gasteiger partial charge on any atom is -0.355 e. The summed E-state index contributed by atoms with van der Waals surface area (Å²) in [6.45, 7) is 8.64. The number of thiophene rings is 1. The predicted molar refractivity (Wildman–Crippen MR) is 125 cm³/mol. The van der Waals surface area contributed by atoms with E-state index in [-0.39, 0.29) is 17.9 Å². The highest BCUT2D eigenvalue weighted by Crippen LogP contribution is 2.43. The molecule has 0 aliphatic carbocycles. The molecule has 2 aromatic rings. The Morgan fingerprint density at radius 1 is 1.13 bits per heavy atom. The molecule has 2 aliphatic heterocycles. The van der Waals surface area contributed by atoms with Crippen molar-refractivity contribution in [1.29, 1.82) is 0 Å². The Morgan fingerprint density at radius 3 is 2.58 bits per heavy atom. The number of amides is 2. The van der Waals surface area contributed by atoms with Gasteiger partial charge in [0.05, 0.1) is 12.0 Å². The highest BCUT2D eigenvalue weighted by Gasteiger charge is 2.42. The first-order valence-corrected chi connectivity index (χ1v) is 12.2. The maximum atomic E-state index is 13.4. The maximum absolute atomic E-state index is 13.4. The summed E-state index contributed by atoms with van der Waals surface area (Å²) in [4.78, 5) is 31.7. The summed E-state index contributed by atoms with van der Waals surface area (Å²) in [5, 5.41) is 5.19. The van der Waals surface area contributed by atoms with Crippen molar-refractivity contribution in [2.75, 3.05) is 33.2 Å². The van der Waals surface area contributed by atoms with Gasteiger partial charge in [0.2, 0.25) is 5.91 Å². The van der Waals surface area contributed by atoms with Crippen LogP contribution in [0.5, 0.6) is 0 Å². The number of carbonyl (C=O) groups is 2. The van der Waals surface area contributed by atoms with Gasteiger partial charge in [-0.3, -0.25) is 9.59 Å². The van der Waals surface area contributed by atoms with Crippen LogP contribution < -0.4 is 5.32 Å². The fourth-order valence-corrected chi connectivity index (χ4v) is 6.28. The number of piperidine rings is 1. The topological polar surface area (TPSA) is 52.7 Å². The highest BCUT2D eigenvalue weighted by atomic mass is 32.1. The van der Waals surface area contributed by atoms with Crippen LogP contribution in [0.1, 0.15) is 59.4 Å². The Labute approximate surface area is 189 Å². The lowest BCUT2D eigenvalue weighted by molar-refractivity contribution is -0.124. The van der Waals surface area contributed by atoms with Crippen molar-refractivity contribution in [1.82, 2.24) is 15.1 Å². The number of hydrogen-bond donors (Lipinski definition) is 1. The monoisotopic (exact) mass is 439 g/mol. The Kier molecular flexibility index (Phi) is 6.77. The van der Waals surface area contributed by atoms with Crippen LogP contribution in [0, 0.1) is 11.8 Å². The second kappa shape index (κ2) is 9.53. The minimum atomic E-state index is -0.396. The predicted octanol–water partition coefficient (Wildman–Crippen LogP) is 4.14. The van der Waals surface area contributed by atoms with E-state index in [4.69, 9.17) is 0 Å². The molecule has 1 aromatic carbocycles. The Morgan fingerprint density at radius 2 is 1.87 bits per heavy atom. The fourth-order valence-electron chi connectivity index (χ4n) is 5.37. The van der Waals surface area contributed by atoms with Crippen LogP contribution in [0.2, 0.25) is 0 Å². The third kappa shape index (κ3) is 4.70. The summed E-state index contributed by atoms with van der Waals surface area (Å²) >= 11 is 1.60. The first-order chi connectivity index (χ1) is 15.0. The highest BCUT2D eigenvalue weighted by molar-refractivity contribution is 7.10. The number of fused-ring (bicyclic) bond motifs is 1. The number of carbonyl (C=O) groups excluding carboxylic acids is 2. The van der Waals surface area contributed by atoms with E-state index >= 15 is 0 Å². The van der Waals surface area contributed by atoms with E-state index in [1.54, 1.807) is 16.2 Å².